The Labute approximate surface area is 103 Å². The lowest BCUT2D eigenvalue weighted by molar-refractivity contribution is -0.133. The summed E-state index contributed by atoms with van der Waals surface area (Å²) in [7, 11) is 0. The normalized spacial score (nSPS) is 17.6. The summed E-state index contributed by atoms with van der Waals surface area (Å²) in [5.74, 6) is -0.0758. The number of hydrogen-bond acceptors (Lipinski definition) is 2. The summed E-state index contributed by atoms with van der Waals surface area (Å²) < 4.78 is 0.857. The molecule has 0 saturated heterocycles. The summed E-state index contributed by atoms with van der Waals surface area (Å²) in [5, 5.41) is 12.1. The van der Waals surface area contributed by atoms with Crippen LogP contribution < -0.4 is 5.32 Å². The van der Waals surface area contributed by atoms with Gasteiger partial charge in [0.15, 0.2) is 0 Å². The van der Waals surface area contributed by atoms with E-state index in [1.54, 1.807) is 0 Å². The van der Waals surface area contributed by atoms with Gasteiger partial charge in [0.2, 0.25) is 5.91 Å². The smallest absolute Gasteiger partial charge is 0.232 e. The summed E-state index contributed by atoms with van der Waals surface area (Å²) >= 11 is 3.38. The Morgan fingerprint density at radius 2 is 2.12 bits per heavy atom. The van der Waals surface area contributed by atoms with Crippen molar-refractivity contribution in [2.45, 2.75) is 19.3 Å². The molecule has 0 radical (unpaired) electrons. The van der Waals surface area contributed by atoms with E-state index in [0.29, 0.717) is 0 Å². The van der Waals surface area contributed by atoms with E-state index in [0.717, 1.165) is 29.4 Å². The molecule has 1 fully saturated rings. The van der Waals surface area contributed by atoms with Crippen LogP contribution in [0.2, 0.25) is 0 Å². The first kappa shape index (κ1) is 11.6. The third kappa shape index (κ3) is 1.99. The maximum absolute atomic E-state index is 12.0. The SMILES string of the molecule is O=C(Nc1ccccc1Br)C1(CO)CCC1. The third-order valence-corrected chi connectivity index (χ3v) is 3.91. The Hall–Kier alpha value is -0.870. The molecule has 0 bridgehead atoms. The Bertz CT molecular complexity index is 396. The van der Waals surface area contributed by atoms with E-state index in [4.69, 9.17) is 0 Å². The second-order valence-electron chi connectivity index (χ2n) is 4.23. The van der Waals surface area contributed by atoms with E-state index in [2.05, 4.69) is 21.2 Å². The number of aliphatic hydroxyl groups is 1. The highest BCUT2D eigenvalue weighted by Crippen LogP contribution is 2.41. The van der Waals surface area contributed by atoms with Gasteiger partial charge in [0, 0.05) is 4.47 Å². The standard InChI is InChI=1S/C12H14BrNO2/c13-9-4-1-2-5-10(9)14-11(16)12(8-15)6-3-7-12/h1-2,4-5,15H,3,6-8H2,(H,14,16). The molecular formula is C12H14BrNO2. The molecule has 0 unspecified atom stereocenters. The zero-order valence-corrected chi connectivity index (χ0v) is 10.5. The van der Waals surface area contributed by atoms with E-state index in [9.17, 15) is 9.90 Å². The van der Waals surface area contributed by atoms with Crippen molar-refractivity contribution in [2.75, 3.05) is 11.9 Å². The number of para-hydroxylation sites is 1. The van der Waals surface area contributed by atoms with E-state index < -0.39 is 5.41 Å². The van der Waals surface area contributed by atoms with E-state index in [1.165, 1.54) is 0 Å². The molecular weight excluding hydrogens is 270 g/mol. The van der Waals surface area contributed by atoms with Gasteiger partial charge in [0.1, 0.15) is 0 Å². The van der Waals surface area contributed by atoms with Gasteiger partial charge in [-0.1, -0.05) is 18.6 Å². The zero-order chi connectivity index (χ0) is 11.6. The molecule has 1 aromatic rings. The van der Waals surface area contributed by atoms with Crippen molar-refractivity contribution in [2.24, 2.45) is 5.41 Å². The molecule has 16 heavy (non-hydrogen) atoms. The first-order valence-electron chi connectivity index (χ1n) is 5.35. The summed E-state index contributed by atoms with van der Waals surface area (Å²) in [6, 6.07) is 7.48. The van der Waals surface area contributed by atoms with Crippen LogP contribution >= 0.6 is 15.9 Å². The topological polar surface area (TPSA) is 49.3 Å². The number of nitrogens with one attached hydrogen (secondary N) is 1. The summed E-state index contributed by atoms with van der Waals surface area (Å²) in [4.78, 5) is 12.0. The highest BCUT2D eigenvalue weighted by molar-refractivity contribution is 9.10. The number of carbonyl (C=O) groups is 1. The Morgan fingerprint density at radius 1 is 1.44 bits per heavy atom. The molecule has 0 aliphatic heterocycles. The molecule has 0 spiro atoms. The van der Waals surface area contributed by atoms with Crippen molar-refractivity contribution in [1.29, 1.82) is 0 Å². The molecule has 86 valence electrons. The van der Waals surface area contributed by atoms with Crippen molar-refractivity contribution < 1.29 is 9.90 Å². The van der Waals surface area contributed by atoms with Gasteiger partial charge in [0.05, 0.1) is 17.7 Å². The second-order valence-corrected chi connectivity index (χ2v) is 5.08. The van der Waals surface area contributed by atoms with Crippen molar-refractivity contribution in [3.8, 4) is 0 Å². The van der Waals surface area contributed by atoms with Gasteiger partial charge >= 0.3 is 0 Å². The van der Waals surface area contributed by atoms with Crippen molar-refractivity contribution >= 4 is 27.5 Å². The number of aliphatic hydroxyl groups excluding tert-OH is 1. The fourth-order valence-electron chi connectivity index (χ4n) is 1.88. The minimum atomic E-state index is -0.546. The van der Waals surface area contributed by atoms with Crippen LogP contribution in [0.25, 0.3) is 0 Å². The molecule has 1 aliphatic carbocycles. The molecule has 1 saturated carbocycles. The number of hydrogen-bond donors (Lipinski definition) is 2. The van der Waals surface area contributed by atoms with Gasteiger partial charge in [-0.2, -0.15) is 0 Å². The highest BCUT2D eigenvalue weighted by atomic mass is 79.9. The number of anilines is 1. The second kappa shape index (κ2) is 4.55. The van der Waals surface area contributed by atoms with Crippen LogP contribution in [0.5, 0.6) is 0 Å². The van der Waals surface area contributed by atoms with Gasteiger partial charge in [-0.25, -0.2) is 0 Å². The molecule has 1 aliphatic rings. The Balaban J connectivity index is 2.10. The number of amides is 1. The Morgan fingerprint density at radius 3 is 2.62 bits per heavy atom. The van der Waals surface area contributed by atoms with Crippen molar-refractivity contribution in [3.05, 3.63) is 28.7 Å². The first-order valence-corrected chi connectivity index (χ1v) is 6.14. The Kier molecular flexibility index (Phi) is 3.30. The van der Waals surface area contributed by atoms with Crippen LogP contribution in [0.4, 0.5) is 5.69 Å². The molecule has 2 N–H and O–H groups in total. The third-order valence-electron chi connectivity index (χ3n) is 3.22. The van der Waals surface area contributed by atoms with Crippen LogP contribution in [-0.2, 0) is 4.79 Å². The van der Waals surface area contributed by atoms with Gasteiger partial charge in [-0.3, -0.25) is 4.79 Å². The zero-order valence-electron chi connectivity index (χ0n) is 8.87. The molecule has 0 atom stereocenters. The van der Waals surface area contributed by atoms with E-state index in [-0.39, 0.29) is 12.5 Å². The molecule has 3 nitrogen and oxygen atoms in total. The fraction of sp³-hybridized carbons (Fsp3) is 0.417. The van der Waals surface area contributed by atoms with Crippen LogP contribution in [0.1, 0.15) is 19.3 Å². The van der Waals surface area contributed by atoms with Gasteiger partial charge in [-0.15, -0.1) is 0 Å². The quantitative estimate of drug-likeness (QED) is 0.896. The lowest BCUT2D eigenvalue weighted by Gasteiger charge is -2.38. The molecule has 1 amide bonds. The van der Waals surface area contributed by atoms with Crippen molar-refractivity contribution in [3.63, 3.8) is 0 Å². The largest absolute Gasteiger partial charge is 0.395 e. The minimum Gasteiger partial charge on any atom is -0.395 e. The predicted molar refractivity (Wildman–Crippen MR) is 66.1 cm³/mol. The average molecular weight is 284 g/mol. The molecule has 1 aromatic carbocycles. The van der Waals surface area contributed by atoms with Crippen LogP contribution in [0, 0.1) is 5.41 Å². The van der Waals surface area contributed by atoms with Crippen LogP contribution in [0.15, 0.2) is 28.7 Å². The summed E-state index contributed by atoms with van der Waals surface area (Å²) in [6.45, 7) is -0.0662. The average Bonchev–Trinajstić information content (AvgIpc) is 2.21. The lowest BCUT2D eigenvalue weighted by atomic mass is 9.68. The summed E-state index contributed by atoms with van der Waals surface area (Å²) in [6.07, 6.45) is 2.57. The molecule has 0 aromatic heterocycles. The summed E-state index contributed by atoms with van der Waals surface area (Å²) in [5.41, 5.74) is 0.210. The first-order chi connectivity index (χ1) is 7.68. The van der Waals surface area contributed by atoms with Gasteiger partial charge in [0.25, 0.3) is 0 Å². The van der Waals surface area contributed by atoms with Crippen molar-refractivity contribution in [1.82, 2.24) is 0 Å². The maximum Gasteiger partial charge on any atom is 0.232 e. The lowest BCUT2D eigenvalue weighted by Crippen LogP contribution is -2.44. The molecule has 2 rings (SSSR count). The molecule has 0 heterocycles. The highest BCUT2D eigenvalue weighted by Gasteiger charge is 2.43. The van der Waals surface area contributed by atoms with Crippen LogP contribution in [0.3, 0.4) is 0 Å². The van der Waals surface area contributed by atoms with Gasteiger partial charge < -0.3 is 10.4 Å². The van der Waals surface area contributed by atoms with Crippen LogP contribution in [-0.4, -0.2) is 17.6 Å². The number of carbonyl (C=O) groups excluding carboxylic acids is 1. The van der Waals surface area contributed by atoms with E-state index >= 15 is 0 Å². The predicted octanol–water partition coefficient (Wildman–Crippen LogP) is 2.55. The minimum absolute atomic E-state index is 0.0662. The van der Waals surface area contributed by atoms with E-state index in [1.807, 2.05) is 24.3 Å². The number of benzene rings is 1. The molecule has 4 heteroatoms. The fourth-order valence-corrected chi connectivity index (χ4v) is 2.26. The number of rotatable bonds is 3. The monoisotopic (exact) mass is 283 g/mol. The number of halogens is 1. The van der Waals surface area contributed by atoms with Gasteiger partial charge in [-0.05, 0) is 40.9 Å². The maximum atomic E-state index is 12.0.